The predicted octanol–water partition coefficient (Wildman–Crippen LogP) is 3.33. The van der Waals surface area contributed by atoms with Gasteiger partial charge in [0.15, 0.2) is 0 Å². The molecule has 0 heterocycles. The molecule has 1 aliphatic carbocycles. The molecule has 1 fully saturated rings. The van der Waals surface area contributed by atoms with E-state index < -0.39 is 0 Å². The molecule has 0 aliphatic heterocycles. The van der Waals surface area contributed by atoms with E-state index in [4.69, 9.17) is 10.5 Å². The molecular weight excluding hydrogens is 246 g/mol. The molecule has 0 bridgehead atoms. The van der Waals surface area contributed by atoms with Crippen LogP contribution in [0.5, 0.6) is 5.75 Å². The van der Waals surface area contributed by atoms with E-state index in [9.17, 15) is 0 Å². The monoisotopic (exact) mass is 265 g/mol. The highest BCUT2D eigenvalue weighted by Gasteiger charge is 2.20. The molecule has 102 valence electrons. The number of nitrogens with two attached hydrogens (primary N) is 1. The SMILES string of the molecule is NCC#Cc1ccc2cc(OCCC3CC3)ccc2c1. The topological polar surface area (TPSA) is 35.2 Å². The van der Waals surface area contributed by atoms with Crippen LogP contribution in [0.15, 0.2) is 36.4 Å². The third-order valence-electron chi connectivity index (χ3n) is 3.64. The van der Waals surface area contributed by atoms with E-state index in [0.717, 1.165) is 23.8 Å². The Bertz CT molecular complexity index is 662. The highest BCUT2D eigenvalue weighted by Crippen LogP contribution is 2.32. The first kappa shape index (κ1) is 13.0. The molecule has 0 spiro atoms. The number of hydrogen-bond donors (Lipinski definition) is 1. The van der Waals surface area contributed by atoms with Gasteiger partial charge in [-0.25, -0.2) is 0 Å². The lowest BCUT2D eigenvalue weighted by atomic mass is 10.1. The molecule has 0 unspecified atom stereocenters. The van der Waals surface area contributed by atoms with Crippen molar-refractivity contribution in [2.75, 3.05) is 13.2 Å². The molecule has 1 saturated carbocycles. The maximum atomic E-state index is 5.82. The summed E-state index contributed by atoms with van der Waals surface area (Å²) in [4.78, 5) is 0. The van der Waals surface area contributed by atoms with Crippen molar-refractivity contribution in [1.29, 1.82) is 0 Å². The van der Waals surface area contributed by atoms with Gasteiger partial charge in [-0.15, -0.1) is 0 Å². The Balaban J connectivity index is 1.73. The van der Waals surface area contributed by atoms with Crippen molar-refractivity contribution in [3.05, 3.63) is 42.0 Å². The van der Waals surface area contributed by atoms with Crippen molar-refractivity contribution < 1.29 is 4.74 Å². The molecule has 20 heavy (non-hydrogen) atoms. The zero-order valence-electron chi connectivity index (χ0n) is 11.6. The quantitative estimate of drug-likeness (QED) is 0.861. The third kappa shape index (κ3) is 3.31. The van der Waals surface area contributed by atoms with Crippen LogP contribution in [-0.4, -0.2) is 13.2 Å². The summed E-state index contributed by atoms with van der Waals surface area (Å²) in [6.07, 6.45) is 3.95. The largest absolute Gasteiger partial charge is 0.494 e. The number of benzene rings is 2. The minimum atomic E-state index is 0.395. The van der Waals surface area contributed by atoms with Crippen molar-refractivity contribution in [3.63, 3.8) is 0 Å². The fraction of sp³-hybridized carbons (Fsp3) is 0.333. The van der Waals surface area contributed by atoms with Gasteiger partial charge in [-0.1, -0.05) is 36.8 Å². The average Bonchev–Trinajstić information content (AvgIpc) is 3.29. The first-order valence-corrected chi connectivity index (χ1v) is 7.21. The average molecular weight is 265 g/mol. The third-order valence-corrected chi connectivity index (χ3v) is 3.64. The molecule has 2 aromatic rings. The minimum Gasteiger partial charge on any atom is -0.494 e. The summed E-state index contributed by atoms with van der Waals surface area (Å²) < 4.78 is 5.82. The predicted molar refractivity (Wildman–Crippen MR) is 82.7 cm³/mol. The summed E-state index contributed by atoms with van der Waals surface area (Å²) in [6, 6.07) is 12.4. The van der Waals surface area contributed by atoms with Crippen LogP contribution in [0, 0.1) is 17.8 Å². The van der Waals surface area contributed by atoms with E-state index in [0.29, 0.717) is 6.54 Å². The molecule has 2 aromatic carbocycles. The molecule has 0 aromatic heterocycles. The Hall–Kier alpha value is -1.98. The Morgan fingerprint density at radius 2 is 1.90 bits per heavy atom. The number of hydrogen-bond acceptors (Lipinski definition) is 2. The van der Waals surface area contributed by atoms with Gasteiger partial charge in [0.2, 0.25) is 0 Å². The first-order valence-electron chi connectivity index (χ1n) is 7.21. The molecule has 2 nitrogen and oxygen atoms in total. The second kappa shape index (κ2) is 5.98. The van der Waals surface area contributed by atoms with E-state index in [1.54, 1.807) is 0 Å². The normalized spacial score (nSPS) is 13.8. The lowest BCUT2D eigenvalue weighted by Crippen LogP contribution is -1.97. The Morgan fingerprint density at radius 1 is 1.10 bits per heavy atom. The van der Waals surface area contributed by atoms with Gasteiger partial charge in [0, 0.05) is 5.56 Å². The lowest BCUT2D eigenvalue weighted by molar-refractivity contribution is 0.303. The summed E-state index contributed by atoms with van der Waals surface area (Å²) >= 11 is 0. The molecule has 3 rings (SSSR count). The maximum absolute atomic E-state index is 5.82. The van der Waals surface area contributed by atoms with Crippen molar-refractivity contribution in [1.82, 2.24) is 0 Å². The first-order chi connectivity index (χ1) is 9.85. The smallest absolute Gasteiger partial charge is 0.119 e. The van der Waals surface area contributed by atoms with Crippen LogP contribution in [-0.2, 0) is 0 Å². The van der Waals surface area contributed by atoms with Gasteiger partial charge < -0.3 is 10.5 Å². The van der Waals surface area contributed by atoms with Crippen LogP contribution in [0.25, 0.3) is 10.8 Å². The van der Waals surface area contributed by atoms with Crippen LogP contribution in [0.2, 0.25) is 0 Å². The molecule has 1 aliphatic rings. The summed E-state index contributed by atoms with van der Waals surface area (Å²) in [5.41, 5.74) is 6.40. The van der Waals surface area contributed by atoms with Crippen molar-refractivity contribution >= 4 is 10.8 Å². The lowest BCUT2D eigenvalue weighted by Gasteiger charge is -2.07. The van der Waals surface area contributed by atoms with Crippen LogP contribution < -0.4 is 10.5 Å². The van der Waals surface area contributed by atoms with Crippen LogP contribution >= 0.6 is 0 Å². The number of rotatable bonds is 4. The van der Waals surface area contributed by atoms with Crippen molar-refractivity contribution in [2.45, 2.75) is 19.3 Å². The van der Waals surface area contributed by atoms with Crippen molar-refractivity contribution in [2.24, 2.45) is 11.7 Å². The van der Waals surface area contributed by atoms with Gasteiger partial charge in [0.1, 0.15) is 5.75 Å². The van der Waals surface area contributed by atoms with Gasteiger partial charge in [-0.2, -0.15) is 0 Å². The van der Waals surface area contributed by atoms with Crippen LogP contribution in [0.4, 0.5) is 0 Å². The summed E-state index contributed by atoms with van der Waals surface area (Å²) in [6.45, 7) is 1.22. The summed E-state index contributed by atoms with van der Waals surface area (Å²) in [5.74, 6) is 7.81. The Labute approximate surface area is 119 Å². The maximum Gasteiger partial charge on any atom is 0.119 e. The highest BCUT2D eigenvalue weighted by atomic mass is 16.5. The van der Waals surface area contributed by atoms with E-state index in [-0.39, 0.29) is 0 Å². The van der Waals surface area contributed by atoms with Gasteiger partial charge in [0.05, 0.1) is 13.2 Å². The molecular formula is C18H19NO. The molecule has 2 heteroatoms. The van der Waals surface area contributed by atoms with E-state index in [1.165, 1.54) is 30.0 Å². The second-order valence-corrected chi connectivity index (χ2v) is 5.31. The number of ether oxygens (including phenoxy) is 1. The molecule has 2 N–H and O–H groups in total. The molecule has 0 amide bonds. The minimum absolute atomic E-state index is 0.395. The molecule has 0 saturated heterocycles. The summed E-state index contributed by atoms with van der Waals surface area (Å²) in [7, 11) is 0. The molecule has 0 atom stereocenters. The van der Waals surface area contributed by atoms with Gasteiger partial charge in [-0.05, 0) is 47.4 Å². The standard InChI is InChI=1S/C18H19NO/c19-10-1-2-15-5-6-17-13-18(8-7-16(17)12-15)20-11-9-14-3-4-14/h5-8,12-14H,3-4,9-11,19H2. The van der Waals surface area contributed by atoms with Crippen LogP contribution in [0.3, 0.4) is 0 Å². The molecule has 0 radical (unpaired) electrons. The fourth-order valence-electron chi connectivity index (χ4n) is 2.29. The van der Waals surface area contributed by atoms with E-state index in [2.05, 4.69) is 36.1 Å². The van der Waals surface area contributed by atoms with Crippen molar-refractivity contribution in [3.8, 4) is 17.6 Å². The number of fused-ring (bicyclic) bond motifs is 1. The Morgan fingerprint density at radius 3 is 2.70 bits per heavy atom. The summed E-state index contributed by atoms with van der Waals surface area (Å²) in [5, 5.41) is 2.37. The van der Waals surface area contributed by atoms with Gasteiger partial charge >= 0.3 is 0 Å². The van der Waals surface area contributed by atoms with Crippen LogP contribution in [0.1, 0.15) is 24.8 Å². The Kier molecular flexibility index (Phi) is 3.90. The zero-order valence-corrected chi connectivity index (χ0v) is 11.6. The van der Waals surface area contributed by atoms with Gasteiger partial charge in [-0.3, -0.25) is 0 Å². The van der Waals surface area contributed by atoms with E-state index >= 15 is 0 Å². The van der Waals surface area contributed by atoms with E-state index in [1.807, 2.05) is 12.1 Å². The second-order valence-electron chi connectivity index (χ2n) is 5.31. The fourth-order valence-corrected chi connectivity index (χ4v) is 2.29. The zero-order chi connectivity index (χ0) is 13.8. The highest BCUT2D eigenvalue weighted by molar-refractivity contribution is 5.85. The van der Waals surface area contributed by atoms with Gasteiger partial charge in [0.25, 0.3) is 0 Å².